The lowest BCUT2D eigenvalue weighted by molar-refractivity contribution is 0.0697. The summed E-state index contributed by atoms with van der Waals surface area (Å²) in [6.07, 6.45) is 3.59. The fourth-order valence-electron chi connectivity index (χ4n) is 1.17. The van der Waals surface area contributed by atoms with Crippen molar-refractivity contribution in [3.05, 3.63) is 35.4 Å². The molecule has 0 saturated carbocycles. The summed E-state index contributed by atoms with van der Waals surface area (Å²) in [5.74, 6) is -0.962. The number of carboxylic acids is 1. The van der Waals surface area contributed by atoms with Crippen LogP contribution in [0, 0.1) is 11.5 Å². The van der Waals surface area contributed by atoms with Crippen molar-refractivity contribution < 1.29 is 9.90 Å². The molecule has 17 heavy (non-hydrogen) atoms. The van der Waals surface area contributed by atoms with Gasteiger partial charge in [0, 0.05) is 0 Å². The first kappa shape index (κ1) is 13.1. The zero-order chi connectivity index (χ0) is 12.7. The maximum Gasteiger partial charge on any atom is 0.335 e. The maximum atomic E-state index is 10.8. The Morgan fingerprint density at radius 2 is 2.41 bits per heavy atom. The van der Waals surface area contributed by atoms with Crippen molar-refractivity contribution in [1.82, 2.24) is 5.32 Å². The summed E-state index contributed by atoms with van der Waals surface area (Å²) < 4.78 is 0. The average Bonchev–Trinajstić information content (AvgIpc) is 2.34. The summed E-state index contributed by atoms with van der Waals surface area (Å²) in [5, 5.41) is 20.2. The van der Waals surface area contributed by atoms with Crippen molar-refractivity contribution in [1.29, 1.82) is 5.26 Å². The van der Waals surface area contributed by atoms with Crippen LogP contribution in [-0.4, -0.2) is 22.5 Å². The van der Waals surface area contributed by atoms with Gasteiger partial charge in [-0.15, -0.1) is 0 Å². The van der Waals surface area contributed by atoms with E-state index in [-0.39, 0.29) is 5.56 Å². The highest BCUT2D eigenvalue weighted by Crippen LogP contribution is 2.07. The molecule has 0 saturated heterocycles. The molecular formula is C11H11N3O2S. The molecule has 88 valence electrons. The van der Waals surface area contributed by atoms with Crippen LogP contribution >= 0.6 is 11.8 Å². The number of aromatic carboxylic acids is 1. The molecule has 0 heterocycles. The number of nitrogens with one attached hydrogen (secondary N) is 1. The first-order valence-electron chi connectivity index (χ1n) is 4.73. The molecule has 0 aliphatic heterocycles. The molecule has 6 heteroatoms. The monoisotopic (exact) mass is 249 g/mol. The summed E-state index contributed by atoms with van der Waals surface area (Å²) in [4.78, 5) is 14.9. The number of carbonyl (C=O) groups is 1. The van der Waals surface area contributed by atoms with Gasteiger partial charge in [-0.3, -0.25) is 10.3 Å². The molecule has 0 radical (unpaired) electrons. The lowest BCUT2D eigenvalue weighted by Gasteiger charge is -2.01. The smallest absolute Gasteiger partial charge is 0.335 e. The maximum absolute atomic E-state index is 10.8. The van der Waals surface area contributed by atoms with Gasteiger partial charge >= 0.3 is 5.97 Å². The van der Waals surface area contributed by atoms with Crippen LogP contribution in [0.15, 0.2) is 29.3 Å². The van der Waals surface area contributed by atoms with Gasteiger partial charge in [0.2, 0.25) is 0 Å². The van der Waals surface area contributed by atoms with Gasteiger partial charge in [0.1, 0.15) is 0 Å². The van der Waals surface area contributed by atoms with E-state index in [2.05, 4.69) is 10.3 Å². The molecular weight excluding hydrogens is 238 g/mol. The minimum absolute atomic E-state index is 0.233. The van der Waals surface area contributed by atoms with Crippen LogP contribution in [0.4, 0.5) is 0 Å². The molecule has 0 aromatic heterocycles. The number of rotatable bonds is 3. The van der Waals surface area contributed by atoms with Gasteiger partial charge in [-0.05, 0) is 24.0 Å². The van der Waals surface area contributed by atoms with Crippen LogP contribution in [0.25, 0.3) is 0 Å². The molecule has 0 atom stereocenters. The molecule has 0 aliphatic carbocycles. The third-order valence-electron chi connectivity index (χ3n) is 1.94. The second-order valence-electron chi connectivity index (χ2n) is 3.07. The molecule has 0 fully saturated rings. The number of carboxylic acid groups (broad SMARTS) is 1. The Bertz CT molecular complexity index is 480. The number of aliphatic imine (C=N–C) groups is 1. The lowest BCUT2D eigenvalue weighted by Crippen LogP contribution is -2.13. The minimum Gasteiger partial charge on any atom is -0.478 e. The number of nitrogens with zero attached hydrogens (tertiary/aromatic N) is 2. The van der Waals surface area contributed by atoms with Crippen molar-refractivity contribution in [3.8, 4) is 6.19 Å². The normalized spacial score (nSPS) is 10.7. The van der Waals surface area contributed by atoms with Gasteiger partial charge in [-0.25, -0.2) is 4.79 Å². The molecule has 0 spiro atoms. The Labute approximate surface area is 103 Å². The predicted molar refractivity (Wildman–Crippen MR) is 66.8 cm³/mol. The zero-order valence-corrected chi connectivity index (χ0v) is 9.99. The SMILES string of the molecule is CSC(=NCc1cccc(C(=O)O)c1)NC#N. The summed E-state index contributed by atoms with van der Waals surface area (Å²) in [6, 6.07) is 6.56. The topological polar surface area (TPSA) is 85.5 Å². The van der Waals surface area contributed by atoms with E-state index in [1.165, 1.54) is 17.8 Å². The van der Waals surface area contributed by atoms with Crippen molar-refractivity contribution in [2.24, 2.45) is 4.99 Å². The number of amidine groups is 1. The fraction of sp³-hybridized carbons (Fsp3) is 0.182. The van der Waals surface area contributed by atoms with E-state index in [1.807, 2.05) is 0 Å². The van der Waals surface area contributed by atoms with Gasteiger partial charge in [-0.1, -0.05) is 23.9 Å². The number of hydrogen-bond donors (Lipinski definition) is 2. The van der Waals surface area contributed by atoms with E-state index in [9.17, 15) is 4.79 Å². The predicted octanol–water partition coefficient (Wildman–Crippen LogP) is 1.67. The summed E-state index contributed by atoms with van der Waals surface area (Å²) in [6.45, 7) is 0.339. The van der Waals surface area contributed by atoms with Crippen LogP contribution < -0.4 is 5.32 Å². The second kappa shape index (κ2) is 6.55. The molecule has 0 bridgehead atoms. The van der Waals surface area contributed by atoms with Crippen LogP contribution in [-0.2, 0) is 6.54 Å². The number of nitriles is 1. The first-order valence-corrected chi connectivity index (χ1v) is 5.95. The van der Waals surface area contributed by atoms with E-state index in [0.29, 0.717) is 11.7 Å². The number of thioether (sulfide) groups is 1. The quantitative estimate of drug-likeness (QED) is 0.368. The van der Waals surface area contributed by atoms with Crippen molar-refractivity contribution in [2.45, 2.75) is 6.54 Å². The largest absolute Gasteiger partial charge is 0.478 e. The Kier molecular flexibility index (Phi) is 5.04. The highest BCUT2D eigenvalue weighted by molar-refractivity contribution is 8.13. The van der Waals surface area contributed by atoms with Crippen molar-refractivity contribution >= 4 is 22.9 Å². The van der Waals surface area contributed by atoms with Crippen LogP contribution in [0.5, 0.6) is 0 Å². The number of benzene rings is 1. The van der Waals surface area contributed by atoms with E-state index >= 15 is 0 Å². The van der Waals surface area contributed by atoms with Gasteiger partial charge in [0.25, 0.3) is 0 Å². The second-order valence-corrected chi connectivity index (χ2v) is 3.86. The first-order chi connectivity index (χ1) is 8.17. The molecule has 0 unspecified atom stereocenters. The zero-order valence-electron chi connectivity index (χ0n) is 9.17. The van der Waals surface area contributed by atoms with Crippen molar-refractivity contribution in [2.75, 3.05) is 6.26 Å². The Morgan fingerprint density at radius 3 is 3.00 bits per heavy atom. The molecule has 2 N–H and O–H groups in total. The van der Waals surface area contributed by atoms with Crippen LogP contribution in [0.2, 0.25) is 0 Å². The summed E-state index contributed by atoms with van der Waals surface area (Å²) >= 11 is 1.32. The van der Waals surface area contributed by atoms with E-state index in [1.54, 1.807) is 30.6 Å². The van der Waals surface area contributed by atoms with E-state index in [0.717, 1.165) is 5.56 Å². The van der Waals surface area contributed by atoms with E-state index < -0.39 is 5.97 Å². The Hall–Kier alpha value is -2.00. The van der Waals surface area contributed by atoms with Crippen molar-refractivity contribution in [3.63, 3.8) is 0 Å². The van der Waals surface area contributed by atoms with Gasteiger partial charge in [0.15, 0.2) is 11.4 Å². The van der Waals surface area contributed by atoms with Crippen LogP contribution in [0.3, 0.4) is 0 Å². The highest BCUT2D eigenvalue weighted by Gasteiger charge is 2.03. The van der Waals surface area contributed by atoms with Gasteiger partial charge < -0.3 is 5.11 Å². The minimum atomic E-state index is -0.962. The molecule has 1 aromatic rings. The number of hydrogen-bond acceptors (Lipinski definition) is 4. The van der Waals surface area contributed by atoms with Crippen LogP contribution in [0.1, 0.15) is 15.9 Å². The Morgan fingerprint density at radius 1 is 1.65 bits per heavy atom. The molecule has 5 nitrogen and oxygen atoms in total. The van der Waals surface area contributed by atoms with E-state index in [4.69, 9.17) is 10.4 Å². The third kappa shape index (κ3) is 4.17. The lowest BCUT2D eigenvalue weighted by atomic mass is 10.1. The molecule has 1 rings (SSSR count). The average molecular weight is 249 g/mol. The summed E-state index contributed by atoms with van der Waals surface area (Å²) in [5.41, 5.74) is 1.02. The molecule has 0 amide bonds. The summed E-state index contributed by atoms with van der Waals surface area (Å²) in [7, 11) is 0. The molecule has 0 aliphatic rings. The fourth-order valence-corrected chi connectivity index (χ4v) is 1.51. The van der Waals surface area contributed by atoms with Gasteiger partial charge in [-0.2, -0.15) is 5.26 Å². The Balaban J connectivity index is 2.78. The van der Waals surface area contributed by atoms with Gasteiger partial charge in [0.05, 0.1) is 12.1 Å². The highest BCUT2D eigenvalue weighted by atomic mass is 32.2. The third-order valence-corrected chi connectivity index (χ3v) is 2.55. The molecule has 1 aromatic carbocycles. The standard InChI is InChI=1S/C11H11N3O2S/c1-17-11(14-7-12)13-6-8-3-2-4-9(5-8)10(15)16/h2-5H,6H2,1H3,(H,13,14)(H,15,16).